The Morgan fingerprint density at radius 3 is 2.80 bits per heavy atom. The third kappa shape index (κ3) is 3.72. The van der Waals surface area contributed by atoms with Crippen molar-refractivity contribution in [2.75, 3.05) is 0 Å². The van der Waals surface area contributed by atoms with Crippen LogP contribution in [-0.4, -0.2) is 22.3 Å². The van der Waals surface area contributed by atoms with Crippen LogP contribution in [-0.2, 0) is 0 Å². The summed E-state index contributed by atoms with van der Waals surface area (Å²) in [5.41, 5.74) is 0.655. The summed E-state index contributed by atoms with van der Waals surface area (Å²) in [7, 11) is 0. The van der Waals surface area contributed by atoms with Gasteiger partial charge >= 0.3 is 5.97 Å². The second kappa shape index (κ2) is 7.08. The molecule has 0 fully saturated rings. The van der Waals surface area contributed by atoms with E-state index in [0.29, 0.717) is 10.6 Å². The second-order valence-corrected chi connectivity index (χ2v) is 6.19. The van der Waals surface area contributed by atoms with E-state index >= 15 is 0 Å². The number of hydrogen-bond acceptors (Lipinski definition) is 5. The molecule has 1 heterocycles. The van der Waals surface area contributed by atoms with Crippen molar-refractivity contribution >= 4 is 45.4 Å². The Balaban J connectivity index is 1.97. The number of carbonyl (C=O) groups is 1. The van der Waals surface area contributed by atoms with Crippen LogP contribution < -0.4 is 5.11 Å². The van der Waals surface area contributed by atoms with Crippen LogP contribution in [0.1, 0.15) is 16.1 Å². The molecule has 0 unspecified atom stereocenters. The average molecular weight is 421 g/mol. The molecule has 0 aliphatic rings. The number of carboxylic acids is 1. The molecule has 1 aromatic heterocycles. The van der Waals surface area contributed by atoms with Crippen LogP contribution in [0.5, 0.6) is 5.95 Å². The van der Waals surface area contributed by atoms with E-state index in [9.17, 15) is 15.0 Å². The van der Waals surface area contributed by atoms with E-state index in [2.05, 4.69) is 25.9 Å². The lowest BCUT2D eigenvalue weighted by atomic mass is 10.2. The normalized spacial score (nSPS) is 11.1. The Hall–Kier alpha value is -2.64. The third-order valence-corrected chi connectivity index (χ3v) is 4.17. The Kier molecular flexibility index (Phi) is 4.87. The summed E-state index contributed by atoms with van der Waals surface area (Å²) in [4.78, 5) is 19.4. The second-order valence-electron chi connectivity index (χ2n) is 4.90. The van der Waals surface area contributed by atoms with Crippen molar-refractivity contribution in [3.8, 4) is 17.4 Å². The minimum absolute atomic E-state index is 0.0392. The predicted octanol–water partition coefficient (Wildman–Crippen LogP) is 4.28. The fourth-order valence-electron chi connectivity index (χ4n) is 2.07. The summed E-state index contributed by atoms with van der Waals surface area (Å²) in [6, 6.07) is 11.3. The molecule has 0 bridgehead atoms. The summed E-state index contributed by atoms with van der Waals surface area (Å²) in [5, 5.41) is 21.5. The SMILES string of the molecule is O=C(O)c1ccc(Cl)cc1N=Cc1nc(-c2ccccc2Br)oc1[O-]. The molecule has 0 radical (unpaired) electrons. The molecule has 1 N–H and O–H groups in total. The molecule has 0 aliphatic carbocycles. The van der Waals surface area contributed by atoms with Crippen LogP contribution in [0.15, 0.2) is 56.3 Å². The van der Waals surface area contributed by atoms with Gasteiger partial charge in [0, 0.05) is 15.1 Å². The average Bonchev–Trinajstić information content (AvgIpc) is 2.94. The Morgan fingerprint density at radius 2 is 2.08 bits per heavy atom. The Labute approximate surface area is 155 Å². The van der Waals surface area contributed by atoms with Crippen molar-refractivity contribution in [3.63, 3.8) is 0 Å². The van der Waals surface area contributed by atoms with Crippen LogP contribution in [0.2, 0.25) is 5.02 Å². The first-order valence-electron chi connectivity index (χ1n) is 6.95. The molecule has 0 aliphatic heterocycles. The van der Waals surface area contributed by atoms with Gasteiger partial charge in [-0.1, -0.05) is 45.7 Å². The monoisotopic (exact) mass is 419 g/mol. The van der Waals surface area contributed by atoms with Crippen molar-refractivity contribution in [2.24, 2.45) is 4.99 Å². The van der Waals surface area contributed by atoms with Gasteiger partial charge < -0.3 is 14.6 Å². The maximum absolute atomic E-state index is 12.0. The summed E-state index contributed by atoms with van der Waals surface area (Å²) in [6.45, 7) is 0. The highest BCUT2D eigenvalue weighted by Crippen LogP contribution is 2.30. The van der Waals surface area contributed by atoms with Gasteiger partial charge in [-0.2, -0.15) is 0 Å². The summed E-state index contributed by atoms with van der Waals surface area (Å²) < 4.78 is 5.87. The summed E-state index contributed by atoms with van der Waals surface area (Å²) in [6.07, 6.45) is 1.16. The first-order valence-corrected chi connectivity index (χ1v) is 8.12. The van der Waals surface area contributed by atoms with Crippen molar-refractivity contribution in [1.29, 1.82) is 0 Å². The zero-order chi connectivity index (χ0) is 18.0. The summed E-state index contributed by atoms with van der Waals surface area (Å²) >= 11 is 9.23. The number of aromatic nitrogens is 1. The van der Waals surface area contributed by atoms with E-state index in [-0.39, 0.29) is 22.8 Å². The highest BCUT2D eigenvalue weighted by Gasteiger charge is 2.11. The van der Waals surface area contributed by atoms with E-state index in [1.807, 2.05) is 6.07 Å². The largest absolute Gasteiger partial charge is 0.562 e. The van der Waals surface area contributed by atoms with E-state index in [0.717, 1.165) is 10.7 Å². The maximum Gasteiger partial charge on any atom is 0.337 e. The van der Waals surface area contributed by atoms with Gasteiger partial charge in [0.25, 0.3) is 0 Å². The van der Waals surface area contributed by atoms with E-state index in [1.165, 1.54) is 18.2 Å². The molecule has 2 aromatic carbocycles. The van der Waals surface area contributed by atoms with Crippen LogP contribution in [0.4, 0.5) is 5.69 Å². The van der Waals surface area contributed by atoms with E-state index in [1.54, 1.807) is 18.2 Å². The first kappa shape index (κ1) is 17.2. The van der Waals surface area contributed by atoms with Gasteiger partial charge in [-0.15, -0.1) is 0 Å². The number of benzene rings is 2. The molecular formula is C17H9BrClN2O4-. The molecule has 8 heteroatoms. The molecule has 25 heavy (non-hydrogen) atoms. The molecule has 0 saturated carbocycles. The zero-order valence-corrected chi connectivity index (χ0v) is 14.8. The lowest BCUT2D eigenvalue weighted by Crippen LogP contribution is -1.97. The molecule has 0 amide bonds. The fourth-order valence-corrected chi connectivity index (χ4v) is 2.69. The van der Waals surface area contributed by atoms with E-state index < -0.39 is 11.9 Å². The van der Waals surface area contributed by atoms with Crippen LogP contribution >= 0.6 is 27.5 Å². The van der Waals surface area contributed by atoms with Gasteiger partial charge in [0.2, 0.25) is 0 Å². The maximum atomic E-state index is 12.0. The number of nitrogens with zero attached hydrogens (tertiary/aromatic N) is 2. The standard InChI is InChI=1S/C17H10BrClN2O4/c18-12-4-2-1-3-10(12)15-21-14(17(24)25-15)8-20-13-7-9(19)5-6-11(13)16(22)23/h1-8,24H,(H,22,23)/p-1. The van der Waals surface area contributed by atoms with Crippen LogP contribution in [0.25, 0.3) is 11.5 Å². The lowest BCUT2D eigenvalue weighted by molar-refractivity contribution is -0.293. The van der Waals surface area contributed by atoms with Crippen LogP contribution in [0.3, 0.4) is 0 Å². The number of aromatic carboxylic acids is 1. The minimum atomic E-state index is -1.15. The highest BCUT2D eigenvalue weighted by atomic mass is 79.9. The fraction of sp³-hybridized carbons (Fsp3) is 0. The number of rotatable bonds is 4. The Morgan fingerprint density at radius 1 is 1.32 bits per heavy atom. The van der Waals surface area contributed by atoms with Gasteiger partial charge in [-0.05, 0) is 24.3 Å². The van der Waals surface area contributed by atoms with E-state index in [4.69, 9.17) is 16.0 Å². The van der Waals surface area contributed by atoms with Crippen molar-refractivity contribution in [2.45, 2.75) is 0 Å². The molecule has 6 nitrogen and oxygen atoms in total. The van der Waals surface area contributed by atoms with Gasteiger partial charge in [0.15, 0.2) is 0 Å². The van der Waals surface area contributed by atoms with Gasteiger partial charge in [0.1, 0.15) is 11.6 Å². The zero-order valence-electron chi connectivity index (χ0n) is 12.4. The van der Waals surface area contributed by atoms with Gasteiger partial charge in [0.05, 0.1) is 23.4 Å². The van der Waals surface area contributed by atoms with Gasteiger partial charge in [-0.25, -0.2) is 9.78 Å². The smallest absolute Gasteiger partial charge is 0.337 e. The highest BCUT2D eigenvalue weighted by molar-refractivity contribution is 9.10. The number of aliphatic imine (C=N–C) groups is 1. The van der Waals surface area contributed by atoms with Gasteiger partial charge in [-0.3, -0.25) is 4.99 Å². The topological polar surface area (TPSA) is 98.8 Å². The van der Waals surface area contributed by atoms with Crippen molar-refractivity contribution in [1.82, 2.24) is 4.98 Å². The molecule has 126 valence electrons. The van der Waals surface area contributed by atoms with Crippen LogP contribution in [0, 0.1) is 0 Å². The molecule has 3 rings (SSSR count). The molecule has 0 saturated heterocycles. The van der Waals surface area contributed by atoms with Crippen molar-refractivity contribution < 1.29 is 19.4 Å². The molecular weight excluding hydrogens is 412 g/mol. The number of hydrogen-bond donors (Lipinski definition) is 1. The predicted molar refractivity (Wildman–Crippen MR) is 94.8 cm³/mol. The number of halogens is 2. The third-order valence-electron chi connectivity index (χ3n) is 3.24. The minimum Gasteiger partial charge on any atom is -0.562 e. The molecule has 0 atom stereocenters. The first-order chi connectivity index (χ1) is 12.0. The quantitative estimate of drug-likeness (QED) is 0.635. The Bertz CT molecular complexity index is 985. The number of oxazole rings is 1. The lowest BCUT2D eigenvalue weighted by Gasteiger charge is -2.02. The molecule has 0 spiro atoms. The number of carboxylic acid groups (broad SMARTS) is 1. The molecule has 3 aromatic rings. The van der Waals surface area contributed by atoms with Crippen molar-refractivity contribution in [3.05, 3.63) is 63.2 Å². The summed E-state index contributed by atoms with van der Waals surface area (Å²) in [5.74, 6) is -1.68.